The molecule has 2 unspecified atom stereocenters. The normalized spacial score (nSPS) is 20.7. The fourth-order valence-electron chi connectivity index (χ4n) is 2.74. The molecule has 0 aliphatic heterocycles. The number of hydrogen-bond donors (Lipinski definition) is 3. The summed E-state index contributed by atoms with van der Waals surface area (Å²) in [7, 11) is 0. The highest BCUT2D eigenvalue weighted by Gasteiger charge is 2.25. The van der Waals surface area contributed by atoms with Gasteiger partial charge in [-0.25, -0.2) is 0 Å². The van der Waals surface area contributed by atoms with Gasteiger partial charge in [0.2, 0.25) is 11.8 Å². The van der Waals surface area contributed by atoms with Crippen molar-refractivity contribution in [3.8, 4) is 0 Å². The quantitative estimate of drug-likeness (QED) is 0.799. The minimum atomic E-state index is -0.130. The molecule has 2 rings (SSSR count). The lowest BCUT2D eigenvalue weighted by molar-refractivity contribution is -0.121. The van der Waals surface area contributed by atoms with Crippen LogP contribution in [-0.4, -0.2) is 17.9 Å². The Balaban J connectivity index is 0.00000242. The summed E-state index contributed by atoms with van der Waals surface area (Å²) in [5, 5.41) is 5.69. The van der Waals surface area contributed by atoms with Gasteiger partial charge in [-0.3, -0.25) is 9.59 Å². The first-order valence-electron chi connectivity index (χ1n) is 7.40. The first-order chi connectivity index (χ1) is 9.95. The molecule has 4 N–H and O–H groups in total. The summed E-state index contributed by atoms with van der Waals surface area (Å²) in [4.78, 5) is 23.4. The molecule has 0 saturated heterocycles. The maximum atomic E-state index is 12.3. The third kappa shape index (κ3) is 5.00. The van der Waals surface area contributed by atoms with Gasteiger partial charge in [-0.05, 0) is 43.9 Å². The number of nitrogens with two attached hydrogens (primary N) is 1. The first kappa shape index (κ1) is 18.5. The Hall–Kier alpha value is -1.59. The van der Waals surface area contributed by atoms with E-state index in [1.165, 1.54) is 6.92 Å². The van der Waals surface area contributed by atoms with E-state index in [4.69, 9.17) is 5.73 Å². The van der Waals surface area contributed by atoms with Crippen molar-refractivity contribution in [2.24, 2.45) is 11.7 Å². The molecule has 22 heavy (non-hydrogen) atoms. The summed E-state index contributed by atoms with van der Waals surface area (Å²) in [6, 6.07) is 5.62. The van der Waals surface area contributed by atoms with Crippen LogP contribution in [0.5, 0.6) is 0 Å². The Morgan fingerprint density at radius 1 is 1.23 bits per heavy atom. The number of benzene rings is 1. The predicted octanol–water partition coefficient (Wildman–Crippen LogP) is 2.83. The van der Waals surface area contributed by atoms with Crippen molar-refractivity contribution >= 4 is 35.6 Å². The lowest BCUT2D eigenvalue weighted by Crippen LogP contribution is -2.34. The largest absolute Gasteiger partial charge is 0.328 e. The highest BCUT2D eigenvalue weighted by atomic mass is 35.5. The van der Waals surface area contributed by atoms with Gasteiger partial charge < -0.3 is 16.4 Å². The molecule has 1 fully saturated rings. The Morgan fingerprint density at radius 3 is 2.59 bits per heavy atom. The van der Waals surface area contributed by atoms with Crippen molar-refractivity contribution in [3.05, 3.63) is 23.8 Å². The highest BCUT2D eigenvalue weighted by molar-refractivity contribution is 5.95. The van der Waals surface area contributed by atoms with Crippen molar-refractivity contribution in [1.29, 1.82) is 0 Å². The lowest BCUT2D eigenvalue weighted by atomic mass is 9.85. The molecular weight excluding hydrogens is 302 g/mol. The molecule has 1 aromatic rings. The second-order valence-electron chi connectivity index (χ2n) is 5.82. The monoisotopic (exact) mass is 325 g/mol. The van der Waals surface area contributed by atoms with Gasteiger partial charge in [-0.15, -0.1) is 12.4 Å². The molecule has 1 aliphatic rings. The maximum Gasteiger partial charge on any atom is 0.227 e. The molecular formula is C16H24ClN3O2. The van der Waals surface area contributed by atoms with E-state index in [1.54, 1.807) is 6.07 Å². The smallest absolute Gasteiger partial charge is 0.227 e. The number of hydrogen-bond acceptors (Lipinski definition) is 3. The number of carbonyl (C=O) groups is 2. The molecule has 5 nitrogen and oxygen atoms in total. The van der Waals surface area contributed by atoms with Crippen molar-refractivity contribution in [3.63, 3.8) is 0 Å². The second-order valence-corrected chi connectivity index (χ2v) is 5.82. The highest BCUT2D eigenvalue weighted by Crippen LogP contribution is 2.26. The second kappa shape index (κ2) is 8.15. The van der Waals surface area contributed by atoms with E-state index in [9.17, 15) is 9.59 Å². The van der Waals surface area contributed by atoms with Gasteiger partial charge in [-0.1, -0.05) is 12.5 Å². The minimum absolute atomic E-state index is 0. The number of nitrogens with one attached hydrogen (secondary N) is 2. The van der Waals surface area contributed by atoms with Gasteiger partial charge in [0.1, 0.15) is 0 Å². The summed E-state index contributed by atoms with van der Waals surface area (Å²) in [5.74, 6) is -0.125. The Labute approximate surface area is 137 Å². The molecule has 1 saturated carbocycles. The molecule has 0 bridgehead atoms. The number of anilines is 2. The fourth-order valence-corrected chi connectivity index (χ4v) is 2.74. The van der Waals surface area contributed by atoms with Gasteiger partial charge in [-0.2, -0.15) is 0 Å². The molecule has 0 heterocycles. The van der Waals surface area contributed by atoms with E-state index in [1.807, 2.05) is 19.1 Å². The van der Waals surface area contributed by atoms with Crippen LogP contribution in [0.4, 0.5) is 11.4 Å². The van der Waals surface area contributed by atoms with E-state index >= 15 is 0 Å². The Morgan fingerprint density at radius 2 is 1.95 bits per heavy atom. The van der Waals surface area contributed by atoms with Crippen LogP contribution in [0.15, 0.2) is 18.2 Å². The van der Waals surface area contributed by atoms with Crippen LogP contribution in [0.25, 0.3) is 0 Å². The van der Waals surface area contributed by atoms with Crippen molar-refractivity contribution in [2.75, 3.05) is 10.6 Å². The van der Waals surface area contributed by atoms with Gasteiger partial charge in [0, 0.05) is 30.3 Å². The molecule has 1 aliphatic carbocycles. The molecule has 1 aromatic carbocycles. The van der Waals surface area contributed by atoms with E-state index in [-0.39, 0.29) is 36.2 Å². The average Bonchev–Trinajstić information content (AvgIpc) is 2.42. The molecule has 0 spiro atoms. The first-order valence-corrected chi connectivity index (χ1v) is 7.40. The zero-order valence-electron chi connectivity index (χ0n) is 13.0. The van der Waals surface area contributed by atoms with Crippen molar-refractivity contribution < 1.29 is 9.59 Å². The molecule has 0 radical (unpaired) electrons. The van der Waals surface area contributed by atoms with E-state index in [2.05, 4.69) is 10.6 Å². The fraction of sp³-hybridized carbons (Fsp3) is 0.500. The Bertz CT molecular complexity index is 548. The van der Waals surface area contributed by atoms with Gasteiger partial charge in [0.05, 0.1) is 0 Å². The van der Waals surface area contributed by atoms with Crippen LogP contribution in [0.2, 0.25) is 0 Å². The van der Waals surface area contributed by atoms with Crippen LogP contribution in [0, 0.1) is 12.8 Å². The predicted molar refractivity (Wildman–Crippen MR) is 91.3 cm³/mol. The topological polar surface area (TPSA) is 84.2 Å². The number of aryl methyl sites for hydroxylation is 1. The number of carbonyl (C=O) groups excluding carboxylic acids is 2. The number of amides is 2. The number of halogens is 1. The summed E-state index contributed by atoms with van der Waals surface area (Å²) >= 11 is 0. The van der Waals surface area contributed by atoms with Crippen LogP contribution in [0.3, 0.4) is 0 Å². The standard InChI is InChI=1S/C16H23N3O2.ClH/c1-10-6-7-14(18-11(2)20)9-15(10)19-16(21)12-4-3-5-13(17)8-12;/h6-7,9,12-13H,3-5,8,17H2,1-2H3,(H,18,20)(H,19,21);1H. The third-order valence-electron chi connectivity index (χ3n) is 3.90. The zero-order chi connectivity index (χ0) is 15.4. The van der Waals surface area contributed by atoms with E-state index < -0.39 is 0 Å². The van der Waals surface area contributed by atoms with Gasteiger partial charge in [0.15, 0.2) is 0 Å². The molecule has 122 valence electrons. The van der Waals surface area contributed by atoms with Gasteiger partial charge in [0.25, 0.3) is 0 Å². The molecule has 2 amide bonds. The molecule has 0 aromatic heterocycles. The minimum Gasteiger partial charge on any atom is -0.328 e. The number of rotatable bonds is 3. The van der Waals surface area contributed by atoms with Gasteiger partial charge >= 0.3 is 0 Å². The lowest BCUT2D eigenvalue weighted by Gasteiger charge is -2.26. The van der Waals surface area contributed by atoms with Crippen molar-refractivity contribution in [2.45, 2.75) is 45.6 Å². The zero-order valence-corrected chi connectivity index (χ0v) is 13.8. The third-order valence-corrected chi connectivity index (χ3v) is 3.90. The summed E-state index contributed by atoms with van der Waals surface area (Å²) in [6.07, 6.45) is 3.64. The maximum absolute atomic E-state index is 12.3. The van der Waals surface area contributed by atoms with E-state index in [0.717, 1.165) is 36.9 Å². The summed E-state index contributed by atoms with van der Waals surface area (Å²) < 4.78 is 0. The Kier molecular flexibility index (Phi) is 6.84. The molecule has 2 atom stereocenters. The van der Waals surface area contributed by atoms with E-state index in [0.29, 0.717) is 5.69 Å². The van der Waals surface area contributed by atoms with Crippen LogP contribution < -0.4 is 16.4 Å². The summed E-state index contributed by atoms with van der Waals surface area (Å²) in [6.45, 7) is 3.39. The molecule has 6 heteroatoms. The van der Waals surface area contributed by atoms with Crippen LogP contribution in [0.1, 0.15) is 38.2 Å². The summed E-state index contributed by atoms with van der Waals surface area (Å²) in [5.41, 5.74) is 8.33. The SMILES string of the molecule is CC(=O)Nc1ccc(C)c(NC(=O)C2CCCC(N)C2)c1.Cl. The average molecular weight is 326 g/mol. The van der Waals surface area contributed by atoms with Crippen LogP contribution >= 0.6 is 12.4 Å². The van der Waals surface area contributed by atoms with Crippen molar-refractivity contribution in [1.82, 2.24) is 0 Å². The van der Waals surface area contributed by atoms with Crippen LogP contribution in [-0.2, 0) is 9.59 Å².